The second-order valence-corrected chi connectivity index (χ2v) is 4.37. The number of phenols is 1. The average Bonchev–Trinajstić information content (AvgIpc) is 2.16. The topological polar surface area (TPSA) is 20.2 Å². The molecular weight excluding hydrogens is 240 g/mol. The van der Waals surface area contributed by atoms with E-state index in [4.69, 9.17) is 0 Å². The smallest absolute Gasteiger partial charge is 0.116 e. The fraction of sp³-hybridized carbons (Fsp3) is 0.167. The zero-order chi connectivity index (χ0) is 10.3. The quantitative estimate of drug-likeness (QED) is 0.752. The lowest BCUT2D eigenvalue weighted by molar-refractivity contribution is 0.476. The minimum Gasteiger partial charge on any atom is -0.508 e. The van der Waals surface area contributed by atoms with Crippen molar-refractivity contribution >= 4 is 26.7 Å². The van der Waals surface area contributed by atoms with Crippen LogP contribution in [0.1, 0.15) is 11.1 Å². The lowest BCUT2D eigenvalue weighted by Crippen LogP contribution is -1.85. The number of aromatic hydroxyl groups is 1. The zero-order valence-corrected chi connectivity index (χ0v) is 9.72. The number of hydrogen-bond acceptors (Lipinski definition) is 1. The van der Waals surface area contributed by atoms with Gasteiger partial charge in [-0.25, -0.2) is 0 Å². The minimum atomic E-state index is 0.322. The van der Waals surface area contributed by atoms with Gasteiger partial charge in [0.15, 0.2) is 0 Å². The molecule has 0 aliphatic heterocycles. The van der Waals surface area contributed by atoms with Crippen LogP contribution in [0.4, 0.5) is 0 Å². The van der Waals surface area contributed by atoms with E-state index in [1.807, 2.05) is 12.1 Å². The predicted octanol–water partition coefficient (Wildman–Crippen LogP) is 3.92. The summed E-state index contributed by atoms with van der Waals surface area (Å²) in [6.07, 6.45) is 0. The summed E-state index contributed by atoms with van der Waals surface area (Å²) in [5, 5.41) is 11.7. The van der Waals surface area contributed by atoms with Crippen molar-refractivity contribution in [3.8, 4) is 5.75 Å². The molecule has 2 rings (SSSR count). The van der Waals surface area contributed by atoms with Gasteiger partial charge in [-0.3, -0.25) is 0 Å². The third kappa shape index (κ3) is 1.40. The molecule has 0 aliphatic rings. The SMILES string of the molecule is Cc1c(Br)cc2ccc(O)cc2c1C. The first-order valence-electron chi connectivity index (χ1n) is 4.48. The number of phenolic OH excluding ortho intramolecular Hbond substituents is 1. The monoisotopic (exact) mass is 250 g/mol. The number of benzene rings is 2. The van der Waals surface area contributed by atoms with E-state index in [-0.39, 0.29) is 0 Å². The molecule has 0 radical (unpaired) electrons. The van der Waals surface area contributed by atoms with E-state index in [0.29, 0.717) is 5.75 Å². The molecule has 0 aromatic heterocycles. The Morgan fingerprint density at radius 1 is 1.07 bits per heavy atom. The summed E-state index contributed by atoms with van der Waals surface area (Å²) in [7, 11) is 0. The Morgan fingerprint density at radius 3 is 2.50 bits per heavy atom. The van der Waals surface area contributed by atoms with Crippen molar-refractivity contribution in [2.75, 3.05) is 0 Å². The van der Waals surface area contributed by atoms with Crippen LogP contribution in [0.15, 0.2) is 28.7 Å². The van der Waals surface area contributed by atoms with Crippen molar-refractivity contribution in [3.05, 3.63) is 39.9 Å². The van der Waals surface area contributed by atoms with E-state index in [1.54, 1.807) is 6.07 Å². The molecule has 0 saturated heterocycles. The summed E-state index contributed by atoms with van der Waals surface area (Å²) in [5.74, 6) is 0.322. The fourth-order valence-corrected chi connectivity index (χ4v) is 2.16. The lowest BCUT2D eigenvalue weighted by Gasteiger charge is -2.08. The molecule has 0 bridgehead atoms. The molecule has 1 nitrogen and oxygen atoms in total. The number of aryl methyl sites for hydroxylation is 1. The van der Waals surface area contributed by atoms with Gasteiger partial charge in [-0.15, -0.1) is 0 Å². The average molecular weight is 251 g/mol. The molecule has 0 amide bonds. The van der Waals surface area contributed by atoms with E-state index in [9.17, 15) is 5.11 Å². The molecule has 0 aliphatic carbocycles. The molecule has 14 heavy (non-hydrogen) atoms. The molecule has 0 fully saturated rings. The second kappa shape index (κ2) is 3.28. The Balaban J connectivity index is 2.92. The number of fused-ring (bicyclic) bond motifs is 1. The molecule has 0 saturated carbocycles. The van der Waals surface area contributed by atoms with Gasteiger partial charge in [0.05, 0.1) is 0 Å². The third-order valence-corrected chi connectivity index (χ3v) is 3.47. The molecule has 1 N–H and O–H groups in total. The zero-order valence-electron chi connectivity index (χ0n) is 8.13. The highest BCUT2D eigenvalue weighted by atomic mass is 79.9. The van der Waals surface area contributed by atoms with Crippen LogP contribution in [0.5, 0.6) is 5.75 Å². The van der Waals surface area contributed by atoms with E-state index >= 15 is 0 Å². The van der Waals surface area contributed by atoms with Crippen LogP contribution < -0.4 is 0 Å². The van der Waals surface area contributed by atoms with Crippen LogP contribution >= 0.6 is 15.9 Å². The normalized spacial score (nSPS) is 10.8. The van der Waals surface area contributed by atoms with Crippen molar-refractivity contribution in [1.29, 1.82) is 0 Å². The molecule has 2 aromatic carbocycles. The van der Waals surface area contributed by atoms with Crippen molar-refractivity contribution in [2.45, 2.75) is 13.8 Å². The van der Waals surface area contributed by atoms with Crippen molar-refractivity contribution in [3.63, 3.8) is 0 Å². The Morgan fingerprint density at radius 2 is 1.79 bits per heavy atom. The van der Waals surface area contributed by atoms with Crippen LogP contribution in [0.2, 0.25) is 0 Å². The predicted molar refractivity (Wildman–Crippen MR) is 62.8 cm³/mol. The van der Waals surface area contributed by atoms with Gasteiger partial charge in [0.25, 0.3) is 0 Å². The molecule has 0 atom stereocenters. The van der Waals surface area contributed by atoms with Gasteiger partial charge in [-0.05, 0) is 53.9 Å². The standard InChI is InChI=1S/C12H11BrO/c1-7-8(2)12(13)5-9-3-4-10(14)6-11(7)9/h3-6,14H,1-2H3. The maximum absolute atomic E-state index is 9.40. The summed E-state index contributed by atoms with van der Waals surface area (Å²) in [4.78, 5) is 0. The highest BCUT2D eigenvalue weighted by molar-refractivity contribution is 9.10. The number of hydrogen-bond donors (Lipinski definition) is 1. The molecule has 0 unspecified atom stereocenters. The Hall–Kier alpha value is -1.02. The minimum absolute atomic E-state index is 0.322. The molecule has 2 heteroatoms. The first-order chi connectivity index (χ1) is 6.59. The molecule has 2 aromatic rings. The third-order valence-electron chi connectivity index (χ3n) is 2.64. The fourth-order valence-electron chi connectivity index (χ4n) is 1.62. The van der Waals surface area contributed by atoms with Crippen LogP contribution in [0.3, 0.4) is 0 Å². The van der Waals surface area contributed by atoms with Gasteiger partial charge in [0, 0.05) is 4.47 Å². The molecule has 0 heterocycles. The second-order valence-electron chi connectivity index (χ2n) is 3.51. The van der Waals surface area contributed by atoms with Crippen molar-refractivity contribution < 1.29 is 5.11 Å². The first-order valence-corrected chi connectivity index (χ1v) is 5.27. The number of halogens is 1. The summed E-state index contributed by atoms with van der Waals surface area (Å²) < 4.78 is 1.12. The molecule has 0 spiro atoms. The van der Waals surface area contributed by atoms with Crippen LogP contribution in [-0.2, 0) is 0 Å². The highest BCUT2D eigenvalue weighted by Gasteiger charge is 2.05. The largest absolute Gasteiger partial charge is 0.508 e. The van der Waals surface area contributed by atoms with Gasteiger partial charge in [0.2, 0.25) is 0 Å². The van der Waals surface area contributed by atoms with Crippen molar-refractivity contribution in [1.82, 2.24) is 0 Å². The Bertz CT molecular complexity index is 503. The Kier molecular flexibility index (Phi) is 2.23. The summed E-state index contributed by atoms with van der Waals surface area (Å²) in [5.41, 5.74) is 2.44. The van der Waals surface area contributed by atoms with Crippen LogP contribution in [0, 0.1) is 13.8 Å². The van der Waals surface area contributed by atoms with E-state index < -0.39 is 0 Å². The van der Waals surface area contributed by atoms with Crippen LogP contribution in [0.25, 0.3) is 10.8 Å². The van der Waals surface area contributed by atoms with Gasteiger partial charge >= 0.3 is 0 Å². The molecular formula is C12H11BrO. The highest BCUT2D eigenvalue weighted by Crippen LogP contribution is 2.30. The van der Waals surface area contributed by atoms with Gasteiger partial charge in [0.1, 0.15) is 5.75 Å². The first kappa shape index (κ1) is 9.53. The summed E-state index contributed by atoms with van der Waals surface area (Å²) in [6.45, 7) is 4.14. The Labute approximate surface area is 91.5 Å². The molecule has 72 valence electrons. The maximum Gasteiger partial charge on any atom is 0.116 e. The van der Waals surface area contributed by atoms with Crippen LogP contribution in [-0.4, -0.2) is 5.11 Å². The van der Waals surface area contributed by atoms with E-state index in [0.717, 1.165) is 15.2 Å². The lowest BCUT2D eigenvalue weighted by atomic mass is 10.0. The maximum atomic E-state index is 9.40. The summed E-state index contributed by atoms with van der Waals surface area (Å²) >= 11 is 3.52. The van der Waals surface area contributed by atoms with Gasteiger partial charge < -0.3 is 5.11 Å². The van der Waals surface area contributed by atoms with E-state index in [2.05, 4.69) is 35.8 Å². The van der Waals surface area contributed by atoms with Crippen molar-refractivity contribution in [2.24, 2.45) is 0 Å². The van der Waals surface area contributed by atoms with Gasteiger partial charge in [-0.1, -0.05) is 22.0 Å². The van der Waals surface area contributed by atoms with Gasteiger partial charge in [-0.2, -0.15) is 0 Å². The van der Waals surface area contributed by atoms with E-state index in [1.165, 1.54) is 11.1 Å². The summed E-state index contributed by atoms with van der Waals surface area (Å²) in [6, 6.07) is 7.53. The number of rotatable bonds is 0.